The quantitative estimate of drug-likeness (QED) is 0.609. The molecule has 1 aromatic carbocycles. The van der Waals surface area contributed by atoms with E-state index < -0.39 is 10.0 Å². The maximum Gasteiger partial charge on any atom is 0.251 e. The second-order valence-electron chi connectivity index (χ2n) is 5.55. The fraction of sp³-hybridized carbons (Fsp3) is 0.438. The first-order valence-electron chi connectivity index (χ1n) is 8.20. The first kappa shape index (κ1) is 20.0. The van der Waals surface area contributed by atoms with Gasteiger partial charge in [-0.1, -0.05) is 18.1 Å². The van der Waals surface area contributed by atoms with E-state index >= 15 is 0 Å². The molecule has 2 rings (SSSR count). The summed E-state index contributed by atoms with van der Waals surface area (Å²) in [6, 6.07) is 5.95. The van der Waals surface area contributed by atoms with Crippen molar-refractivity contribution in [2.45, 2.75) is 25.3 Å². The predicted octanol–water partition coefficient (Wildman–Crippen LogP) is 0.538. The average molecular weight is 381 g/mol. The summed E-state index contributed by atoms with van der Waals surface area (Å²) in [5.41, 5.74) is 0.284. The minimum Gasteiger partial charge on any atom is -0.351 e. The fourth-order valence-electron chi connectivity index (χ4n) is 2.27. The van der Waals surface area contributed by atoms with Gasteiger partial charge >= 0.3 is 0 Å². The molecule has 0 fully saturated rings. The molecule has 1 aromatic heterocycles. The summed E-state index contributed by atoms with van der Waals surface area (Å²) in [7, 11) is -2.03. The summed E-state index contributed by atoms with van der Waals surface area (Å²) in [5.74, 6) is 0.329. The van der Waals surface area contributed by atoms with Crippen molar-refractivity contribution in [3.05, 3.63) is 41.5 Å². The molecule has 0 aliphatic rings. The van der Waals surface area contributed by atoms with E-state index in [0.29, 0.717) is 18.9 Å². The van der Waals surface area contributed by atoms with Crippen LogP contribution >= 0.6 is 0 Å². The van der Waals surface area contributed by atoms with Crippen molar-refractivity contribution in [3.8, 4) is 0 Å². The lowest BCUT2D eigenvalue weighted by Crippen LogP contribution is -2.32. The first-order valence-corrected chi connectivity index (χ1v) is 9.64. The normalized spacial score (nSPS) is 11.7. The lowest BCUT2D eigenvalue weighted by atomic mass is 10.2. The van der Waals surface area contributed by atoms with Crippen LogP contribution in [0.25, 0.3) is 0 Å². The number of hydrogen-bond acceptors (Lipinski definition) is 7. The van der Waals surface area contributed by atoms with Crippen molar-refractivity contribution >= 4 is 15.9 Å². The monoisotopic (exact) mass is 381 g/mol. The number of benzene rings is 1. The smallest absolute Gasteiger partial charge is 0.251 e. The van der Waals surface area contributed by atoms with Crippen molar-refractivity contribution in [1.29, 1.82) is 0 Å². The molecule has 142 valence electrons. The second kappa shape index (κ2) is 8.88. The van der Waals surface area contributed by atoms with E-state index in [4.69, 9.17) is 4.52 Å². The van der Waals surface area contributed by atoms with Crippen molar-refractivity contribution in [3.63, 3.8) is 0 Å². The SMILES string of the molecule is CCN(Cc1nc(C)no1)S(=O)(=O)c1cccc(C(=O)NCCNC)c1. The van der Waals surface area contributed by atoms with E-state index in [1.54, 1.807) is 33.0 Å². The van der Waals surface area contributed by atoms with Gasteiger partial charge in [0, 0.05) is 25.2 Å². The van der Waals surface area contributed by atoms with Crippen LogP contribution in [0.2, 0.25) is 0 Å². The Labute approximate surface area is 152 Å². The molecule has 10 heteroatoms. The molecule has 0 atom stereocenters. The first-order chi connectivity index (χ1) is 12.4. The molecular formula is C16H23N5O4S. The summed E-state index contributed by atoms with van der Waals surface area (Å²) < 4.78 is 32.0. The van der Waals surface area contributed by atoms with Crippen LogP contribution in [0.15, 0.2) is 33.7 Å². The van der Waals surface area contributed by atoms with E-state index in [-0.39, 0.29) is 35.3 Å². The molecule has 0 spiro atoms. The van der Waals surface area contributed by atoms with Crippen LogP contribution in [0, 0.1) is 6.92 Å². The van der Waals surface area contributed by atoms with Crippen LogP contribution in [-0.2, 0) is 16.6 Å². The van der Waals surface area contributed by atoms with Crippen molar-refractivity contribution in [1.82, 2.24) is 25.1 Å². The summed E-state index contributed by atoms with van der Waals surface area (Å²) in [6.45, 7) is 4.64. The van der Waals surface area contributed by atoms with Crippen molar-refractivity contribution < 1.29 is 17.7 Å². The topological polar surface area (TPSA) is 117 Å². The summed E-state index contributed by atoms with van der Waals surface area (Å²) in [4.78, 5) is 16.2. The maximum absolute atomic E-state index is 12.9. The van der Waals surface area contributed by atoms with E-state index in [9.17, 15) is 13.2 Å². The molecular weight excluding hydrogens is 358 g/mol. The number of nitrogens with zero attached hydrogens (tertiary/aromatic N) is 3. The zero-order chi connectivity index (χ0) is 19.2. The average Bonchev–Trinajstić information content (AvgIpc) is 3.04. The van der Waals surface area contributed by atoms with Gasteiger partial charge in [-0.05, 0) is 32.2 Å². The van der Waals surface area contributed by atoms with E-state index in [2.05, 4.69) is 20.8 Å². The number of carbonyl (C=O) groups excluding carboxylic acids is 1. The minimum absolute atomic E-state index is 0.0295. The molecule has 0 aliphatic heterocycles. The van der Waals surface area contributed by atoms with Crippen molar-refractivity contribution in [2.24, 2.45) is 0 Å². The van der Waals surface area contributed by atoms with Gasteiger partial charge in [0.15, 0.2) is 5.82 Å². The highest BCUT2D eigenvalue weighted by molar-refractivity contribution is 7.89. The third-order valence-electron chi connectivity index (χ3n) is 3.63. The Bertz CT molecular complexity index is 850. The third kappa shape index (κ3) is 4.87. The van der Waals surface area contributed by atoms with Crippen LogP contribution in [0.5, 0.6) is 0 Å². The highest BCUT2D eigenvalue weighted by Crippen LogP contribution is 2.19. The fourth-order valence-corrected chi connectivity index (χ4v) is 3.72. The van der Waals surface area contributed by atoms with Gasteiger partial charge in [-0.25, -0.2) is 8.42 Å². The Balaban J connectivity index is 2.21. The molecule has 0 saturated carbocycles. The Hall–Kier alpha value is -2.30. The van der Waals surface area contributed by atoms with Gasteiger partial charge in [0.1, 0.15) is 0 Å². The Morgan fingerprint density at radius 1 is 1.31 bits per heavy atom. The summed E-state index contributed by atoms with van der Waals surface area (Å²) in [6.07, 6.45) is 0. The van der Waals surface area contributed by atoms with E-state index in [1.807, 2.05) is 0 Å². The standard InChI is InChI=1S/C16H23N5O4S/c1-4-21(11-15-19-12(2)20-25-15)26(23,24)14-7-5-6-13(10-14)16(22)18-9-8-17-3/h5-7,10,17H,4,8-9,11H2,1-3H3,(H,18,22). The molecule has 26 heavy (non-hydrogen) atoms. The number of aryl methyl sites for hydroxylation is 1. The van der Waals surface area contributed by atoms with Crippen LogP contribution in [-0.4, -0.2) is 55.5 Å². The van der Waals surface area contributed by atoms with Gasteiger partial charge in [0.25, 0.3) is 5.91 Å². The Morgan fingerprint density at radius 2 is 2.08 bits per heavy atom. The Morgan fingerprint density at radius 3 is 2.69 bits per heavy atom. The van der Waals surface area contributed by atoms with Gasteiger partial charge in [0.05, 0.1) is 11.4 Å². The van der Waals surface area contributed by atoms with Crippen LogP contribution < -0.4 is 10.6 Å². The second-order valence-corrected chi connectivity index (χ2v) is 7.49. The zero-order valence-electron chi connectivity index (χ0n) is 15.0. The minimum atomic E-state index is -3.81. The van der Waals surface area contributed by atoms with E-state index in [1.165, 1.54) is 16.4 Å². The summed E-state index contributed by atoms with van der Waals surface area (Å²) >= 11 is 0. The lowest BCUT2D eigenvalue weighted by molar-refractivity contribution is 0.0954. The molecule has 2 aromatic rings. The van der Waals surface area contributed by atoms with Crippen LogP contribution in [0.4, 0.5) is 0 Å². The Kier molecular flexibility index (Phi) is 6.83. The van der Waals surface area contributed by atoms with Gasteiger partial charge in [-0.15, -0.1) is 0 Å². The largest absolute Gasteiger partial charge is 0.351 e. The summed E-state index contributed by atoms with van der Waals surface area (Å²) in [5, 5.41) is 9.31. The molecule has 0 radical (unpaired) electrons. The molecule has 0 unspecified atom stereocenters. The zero-order valence-corrected chi connectivity index (χ0v) is 15.8. The lowest BCUT2D eigenvalue weighted by Gasteiger charge is -2.19. The van der Waals surface area contributed by atoms with Gasteiger partial charge in [-0.2, -0.15) is 9.29 Å². The molecule has 1 amide bonds. The van der Waals surface area contributed by atoms with Gasteiger partial charge in [-0.3, -0.25) is 4.79 Å². The molecule has 0 saturated heterocycles. The number of likely N-dealkylation sites (N-methyl/N-ethyl adjacent to an activating group) is 1. The predicted molar refractivity (Wildman–Crippen MR) is 95.0 cm³/mol. The number of amides is 1. The molecule has 0 bridgehead atoms. The van der Waals surface area contributed by atoms with Crippen molar-refractivity contribution in [2.75, 3.05) is 26.7 Å². The number of rotatable bonds is 9. The molecule has 9 nitrogen and oxygen atoms in total. The number of sulfonamides is 1. The molecule has 1 heterocycles. The number of aromatic nitrogens is 2. The van der Waals surface area contributed by atoms with E-state index in [0.717, 1.165) is 0 Å². The number of nitrogens with one attached hydrogen (secondary N) is 2. The third-order valence-corrected chi connectivity index (χ3v) is 5.55. The van der Waals surface area contributed by atoms with Gasteiger partial charge < -0.3 is 15.2 Å². The number of carbonyl (C=O) groups is 1. The van der Waals surface area contributed by atoms with Gasteiger partial charge in [0.2, 0.25) is 15.9 Å². The van der Waals surface area contributed by atoms with Crippen LogP contribution in [0.1, 0.15) is 29.0 Å². The van der Waals surface area contributed by atoms with Crippen LogP contribution in [0.3, 0.4) is 0 Å². The number of hydrogen-bond donors (Lipinski definition) is 2. The molecule has 2 N–H and O–H groups in total. The molecule has 0 aliphatic carbocycles. The highest BCUT2D eigenvalue weighted by atomic mass is 32.2. The highest BCUT2D eigenvalue weighted by Gasteiger charge is 2.26. The maximum atomic E-state index is 12.9.